The van der Waals surface area contributed by atoms with Crippen molar-refractivity contribution in [2.75, 3.05) is 31.1 Å². The standard InChI is InChI=1S/C12H27N.C6H8N2O3S/c1-10(2)7-13(8-11(3)4)9-12(5)6;7-4-1-2-6(5(8)3-4)12(9,10)11/h10-12H,7-9H2,1-6H3;1-3H,7-8H2,(H,9,10,11). The second kappa shape index (κ2) is 10.6. The minimum atomic E-state index is -4.48. The van der Waals surface area contributed by atoms with E-state index in [9.17, 15) is 13.0 Å². The highest BCUT2D eigenvalue weighted by atomic mass is 32.2. The number of hydrogen-bond acceptors (Lipinski definition) is 5. The van der Waals surface area contributed by atoms with Crippen LogP contribution in [0, 0.1) is 17.8 Å². The number of nitrogens with one attached hydrogen (secondary N) is 1. The Morgan fingerprint density at radius 3 is 1.60 bits per heavy atom. The van der Waals surface area contributed by atoms with Crippen LogP contribution in [-0.4, -0.2) is 32.6 Å². The van der Waals surface area contributed by atoms with Crippen LogP contribution in [-0.2, 0) is 10.1 Å². The summed E-state index contributed by atoms with van der Waals surface area (Å²) in [7, 11) is -4.48. The summed E-state index contributed by atoms with van der Waals surface area (Å²) in [5.41, 5.74) is 10.7. The molecule has 0 aromatic heterocycles. The van der Waals surface area contributed by atoms with Gasteiger partial charge >= 0.3 is 0 Å². The van der Waals surface area contributed by atoms with Crippen LogP contribution in [0.2, 0.25) is 0 Å². The second-order valence-electron chi connectivity index (χ2n) is 7.80. The average Bonchev–Trinajstić information content (AvgIpc) is 2.34. The zero-order valence-corrected chi connectivity index (χ0v) is 17.2. The van der Waals surface area contributed by atoms with E-state index in [-0.39, 0.29) is 5.69 Å². The van der Waals surface area contributed by atoms with Gasteiger partial charge in [-0.2, -0.15) is 0 Å². The van der Waals surface area contributed by atoms with Crippen molar-refractivity contribution >= 4 is 21.5 Å². The number of nitrogens with two attached hydrogens (primary N) is 2. The van der Waals surface area contributed by atoms with Crippen molar-refractivity contribution in [1.29, 1.82) is 0 Å². The third-order valence-electron chi connectivity index (χ3n) is 3.39. The van der Waals surface area contributed by atoms with E-state index in [1.54, 1.807) is 4.90 Å². The molecule has 5 N–H and O–H groups in total. The summed E-state index contributed by atoms with van der Waals surface area (Å²) in [5.74, 6) is 2.48. The fourth-order valence-corrected chi connectivity index (χ4v) is 3.36. The van der Waals surface area contributed by atoms with Gasteiger partial charge in [0.05, 0.1) is 30.2 Å². The van der Waals surface area contributed by atoms with E-state index in [2.05, 4.69) is 41.5 Å². The number of quaternary nitrogens is 1. The molecule has 0 saturated carbocycles. The van der Waals surface area contributed by atoms with Gasteiger partial charge in [-0.1, -0.05) is 41.5 Å². The van der Waals surface area contributed by atoms with Gasteiger partial charge in [-0.05, 0) is 18.2 Å². The van der Waals surface area contributed by atoms with Crippen LogP contribution < -0.4 is 16.4 Å². The van der Waals surface area contributed by atoms with Gasteiger partial charge in [0.2, 0.25) is 0 Å². The summed E-state index contributed by atoms with van der Waals surface area (Å²) in [6.45, 7) is 17.9. The maximum Gasteiger partial charge on any atom is 0.126 e. The summed E-state index contributed by atoms with van der Waals surface area (Å²) in [4.78, 5) is 1.34. The molecule has 1 aromatic carbocycles. The SMILES string of the molecule is CC(C)C[NH+](CC(C)C)CC(C)C.Nc1ccc(S(=O)(=O)[O-])c(N)c1. The third kappa shape index (κ3) is 11.0. The third-order valence-corrected chi connectivity index (χ3v) is 4.30. The molecule has 0 unspecified atom stereocenters. The van der Waals surface area contributed by atoms with Crippen LogP contribution in [0.1, 0.15) is 41.5 Å². The fourth-order valence-electron chi connectivity index (χ4n) is 2.78. The number of hydrogen-bond donors (Lipinski definition) is 3. The fraction of sp³-hybridized carbons (Fsp3) is 0.667. The van der Waals surface area contributed by atoms with Crippen molar-refractivity contribution < 1.29 is 17.9 Å². The first-order chi connectivity index (χ1) is 11.3. The summed E-state index contributed by atoms with van der Waals surface area (Å²) >= 11 is 0. The zero-order valence-electron chi connectivity index (χ0n) is 16.4. The van der Waals surface area contributed by atoms with E-state index in [4.69, 9.17) is 11.5 Å². The number of anilines is 2. The molecule has 0 aliphatic carbocycles. The first kappa shape index (κ1) is 23.7. The van der Waals surface area contributed by atoms with Gasteiger partial charge in [0.25, 0.3) is 0 Å². The molecule has 146 valence electrons. The van der Waals surface area contributed by atoms with Crippen molar-refractivity contribution in [3.63, 3.8) is 0 Å². The van der Waals surface area contributed by atoms with Gasteiger partial charge in [0.1, 0.15) is 10.1 Å². The molecule has 0 atom stereocenters. The van der Waals surface area contributed by atoms with Gasteiger partial charge < -0.3 is 20.9 Å². The van der Waals surface area contributed by atoms with E-state index in [0.717, 1.165) is 23.8 Å². The van der Waals surface area contributed by atoms with Gasteiger partial charge in [0, 0.05) is 23.4 Å². The summed E-state index contributed by atoms with van der Waals surface area (Å²) < 4.78 is 31.5. The summed E-state index contributed by atoms with van der Waals surface area (Å²) in [6, 6.07) is 3.62. The molecule has 0 aliphatic heterocycles. The maximum atomic E-state index is 10.5. The Labute approximate surface area is 153 Å². The van der Waals surface area contributed by atoms with E-state index in [0.29, 0.717) is 5.69 Å². The first-order valence-corrected chi connectivity index (χ1v) is 10.2. The summed E-state index contributed by atoms with van der Waals surface area (Å²) in [5, 5.41) is 0. The Balaban J connectivity index is 0.000000462. The molecule has 7 heteroatoms. The molecule has 1 rings (SSSR count). The van der Waals surface area contributed by atoms with E-state index >= 15 is 0 Å². The Hall–Kier alpha value is -1.31. The predicted molar refractivity (Wildman–Crippen MR) is 103 cm³/mol. The molecule has 0 radical (unpaired) electrons. The van der Waals surface area contributed by atoms with Gasteiger partial charge in [-0.25, -0.2) is 8.42 Å². The van der Waals surface area contributed by atoms with Crippen molar-refractivity contribution in [1.82, 2.24) is 0 Å². The normalized spacial score (nSPS) is 12.0. The molecule has 0 fully saturated rings. The quantitative estimate of drug-likeness (QED) is 0.496. The van der Waals surface area contributed by atoms with Crippen molar-refractivity contribution in [3.8, 4) is 0 Å². The largest absolute Gasteiger partial charge is 0.744 e. The Morgan fingerprint density at radius 1 is 0.920 bits per heavy atom. The molecule has 0 saturated heterocycles. The zero-order chi connectivity index (χ0) is 19.8. The van der Waals surface area contributed by atoms with Crippen LogP contribution in [0.15, 0.2) is 23.1 Å². The molecule has 25 heavy (non-hydrogen) atoms. The van der Waals surface area contributed by atoms with Gasteiger partial charge in [-0.3, -0.25) is 0 Å². The average molecular weight is 374 g/mol. The Morgan fingerprint density at radius 2 is 1.32 bits per heavy atom. The monoisotopic (exact) mass is 373 g/mol. The Kier molecular flexibility index (Phi) is 10.1. The highest BCUT2D eigenvalue weighted by molar-refractivity contribution is 7.86. The first-order valence-electron chi connectivity index (χ1n) is 8.77. The van der Waals surface area contributed by atoms with Crippen molar-refractivity contribution in [3.05, 3.63) is 18.2 Å². The second-order valence-corrected chi connectivity index (χ2v) is 9.14. The molecule has 0 aliphatic rings. The van der Waals surface area contributed by atoms with Crippen molar-refractivity contribution in [2.24, 2.45) is 17.8 Å². The van der Waals surface area contributed by atoms with Crippen LogP contribution in [0.5, 0.6) is 0 Å². The lowest BCUT2D eigenvalue weighted by Crippen LogP contribution is -3.13. The van der Waals surface area contributed by atoms with Gasteiger partial charge in [0.15, 0.2) is 0 Å². The smallest absolute Gasteiger partial charge is 0.126 e. The molecule has 6 nitrogen and oxygen atoms in total. The van der Waals surface area contributed by atoms with Gasteiger partial charge in [-0.15, -0.1) is 0 Å². The Bertz CT molecular complexity index is 590. The minimum absolute atomic E-state index is 0.120. The number of nitrogen functional groups attached to an aromatic ring is 2. The van der Waals surface area contributed by atoms with E-state index in [1.165, 1.54) is 31.8 Å². The topological polar surface area (TPSA) is 114 Å². The molecular weight excluding hydrogens is 338 g/mol. The lowest BCUT2D eigenvalue weighted by molar-refractivity contribution is -0.909. The molecule has 0 spiro atoms. The number of benzene rings is 1. The summed E-state index contributed by atoms with van der Waals surface area (Å²) in [6.07, 6.45) is 0. The highest BCUT2D eigenvalue weighted by Crippen LogP contribution is 2.19. The van der Waals surface area contributed by atoms with E-state index < -0.39 is 15.0 Å². The molecule has 1 aromatic rings. The molecule has 0 bridgehead atoms. The molecule has 0 heterocycles. The lowest BCUT2D eigenvalue weighted by Gasteiger charge is -2.24. The number of rotatable bonds is 7. The van der Waals surface area contributed by atoms with Crippen LogP contribution >= 0.6 is 0 Å². The van der Waals surface area contributed by atoms with E-state index in [1.807, 2.05) is 0 Å². The van der Waals surface area contributed by atoms with Crippen LogP contribution in [0.4, 0.5) is 11.4 Å². The predicted octanol–water partition coefficient (Wildman–Crippen LogP) is 1.59. The van der Waals surface area contributed by atoms with Crippen LogP contribution in [0.25, 0.3) is 0 Å². The van der Waals surface area contributed by atoms with Crippen molar-refractivity contribution in [2.45, 2.75) is 46.4 Å². The molecular formula is C18H35N3O3S. The minimum Gasteiger partial charge on any atom is -0.744 e. The lowest BCUT2D eigenvalue weighted by atomic mass is 10.1. The van der Waals surface area contributed by atoms with Crippen LogP contribution in [0.3, 0.4) is 0 Å². The highest BCUT2D eigenvalue weighted by Gasteiger charge is 2.14. The maximum absolute atomic E-state index is 10.5. The molecule has 0 amide bonds.